The Kier molecular flexibility index (Phi) is 4.16. The zero-order valence-electron chi connectivity index (χ0n) is 10.2. The number of carboxylic acid groups (broad SMARTS) is 1. The number of hydrogen-bond acceptors (Lipinski definition) is 4. The molecule has 0 radical (unpaired) electrons. The number of nitrogens with zero attached hydrogens (tertiary/aromatic N) is 1. The van der Waals surface area contributed by atoms with Crippen LogP contribution in [0.2, 0.25) is 0 Å². The molecule has 0 saturated carbocycles. The van der Waals surface area contributed by atoms with E-state index in [0.29, 0.717) is 6.54 Å². The minimum atomic E-state index is -3.54. The van der Waals surface area contributed by atoms with Crippen molar-refractivity contribution in [3.8, 4) is 0 Å². The van der Waals surface area contributed by atoms with Gasteiger partial charge < -0.3 is 5.11 Å². The Morgan fingerprint density at radius 1 is 1.53 bits per heavy atom. The number of rotatable bonds is 4. The van der Waals surface area contributed by atoms with Crippen molar-refractivity contribution in [1.82, 2.24) is 4.90 Å². The zero-order chi connectivity index (χ0) is 13.3. The molecule has 1 aliphatic rings. The normalized spacial score (nSPS) is 25.7. The van der Waals surface area contributed by atoms with Crippen molar-refractivity contribution in [2.24, 2.45) is 10.6 Å². The van der Waals surface area contributed by atoms with Crippen LogP contribution in [-0.4, -0.2) is 49.3 Å². The lowest BCUT2D eigenvalue weighted by Crippen LogP contribution is -2.55. The average molecular weight is 264 g/mol. The summed E-state index contributed by atoms with van der Waals surface area (Å²) in [6.07, 6.45) is 1.71. The summed E-state index contributed by atoms with van der Waals surface area (Å²) < 4.78 is 21.8. The number of hydrogen-bond donors (Lipinski definition) is 2. The fourth-order valence-corrected chi connectivity index (χ4v) is 2.96. The molecule has 0 aliphatic carbocycles. The summed E-state index contributed by atoms with van der Waals surface area (Å²) in [6, 6.07) is -0.641. The standard InChI is InChI=1S/C10H20N2O4S/c1-10(2)4-3-5-12(8(10)9(13)14)6-7-17(11,15)16/h8H,3-7H2,1-2H3,(H,13,14)(H2,11,15,16). The van der Waals surface area contributed by atoms with Crippen LogP contribution in [0.5, 0.6) is 0 Å². The molecule has 1 atom stereocenters. The van der Waals surface area contributed by atoms with Crippen LogP contribution in [0.3, 0.4) is 0 Å². The molecule has 6 nitrogen and oxygen atoms in total. The molecule has 0 bridgehead atoms. The second-order valence-corrected chi connectivity index (χ2v) is 6.97. The van der Waals surface area contributed by atoms with E-state index in [9.17, 15) is 18.3 Å². The molecule has 0 aromatic rings. The molecule has 1 fully saturated rings. The van der Waals surface area contributed by atoms with Gasteiger partial charge in [-0.15, -0.1) is 0 Å². The number of sulfonamides is 1. The maximum atomic E-state index is 11.3. The van der Waals surface area contributed by atoms with E-state index in [1.807, 2.05) is 13.8 Å². The van der Waals surface area contributed by atoms with Gasteiger partial charge in [-0.05, 0) is 24.8 Å². The van der Waals surface area contributed by atoms with Gasteiger partial charge in [0.2, 0.25) is 10.0 Å². The maximum absolute atomic E-state index is 11.3. The Hall–Kier alpha value is -0.660. The Morgan fingerprint density at radius 3 is 2.59 bits per heavy atom. The Labute approximate surface area is 102 Å². The third kappa shape index (κ3) is 3.93. The van der Waals surface area contributed by atoms with Crippen LogP contribution in [0.15, 0.2) is 0 Å². The average Bonchev–Trinajstić information content (AvgIpc) is 2.11. The van der Waals surface area contributed by atoms with E-state index in [0.717, 1.165) is 12.8 Å². The molecule has 100 valence electrons. The number of carbonyl (C=O) groups is 1. The van der Waals surface area contributed by atoms with Crippen LogP contribution in [0.25, 0.3) is 0 Å². The van der Waals surface area contributed by atoms with E-state index in [2.05, 4.69) is 0 Å². The van der Waals surface area contributed by atoms with Gasteiger partial charge >= 0.3 is 5.97 Å². The number of piperidine rings is 1. The van der Waals surface area contributed by atoms with Gasteiger partial charge in [-0.2, -0.15) is 0 Å². The highest BCUT2D eigenvalue weighted by atomic mass is 32.2. The van der Waals surface area contributed by atoms with E-state index in [-0.39, 0.29) is 17.7 Å². The smallest absolute Gasteiger partial charge is 0.321 e. The molecule has 0 aromatic heterocycles. The topological polar surface area (TPSA) is 101 Å². The van der Waals surface area contributed by atoms with Crippen molar-refractivity contribution in [3.05, 3.63) is 0 Å². The summed E-state index contributed by atoms with van der Waals surface area (Å²) in [5.41, 5.74) is -0.345. The first-order chi connectivity index (χ1) is 7.63. The minimum Gasteiger partial charge on any atom is -0.480 e. The van der Waals surface area contributed by atoms with Gasteiger partial charge in [-0.25, -0.2) is 13.6 Å². The van der Waals surface area contributed by atoms with Gasteiger partial charge in [0.1, 0.15) is 6.04 Å². The van der Waals surface area contributed by atoms with E-state index in [1.54, 1.807) is 4.90 Å². The molecule has 1 heterocycles. The van der Waals surface area contributed by atoms with Gasteiger partial charge in [-0.3, -0.25) is 9.69 Å². The number of likely N-dealkylation sites (tertiary alicyclic amines) is 1. The molecular weight excluding hydrogens is 244 g/mol. The Balaban J connectivity index is 2.78. The highest BCUT2D eigenvalue weighted by Crippen LogP contribution is 2.35. The van der Waals surface area contributed by atoms with Gasteiger partial charge in [0.05, 0.1) is 5.75 Å². The van der Waals surface area contributed by atoms with Gasteiger partial charge in [0.15, 0.2) is 0 Å². The molecule has 1 aliphatic heterocycles. The third-order valence-corrected chi connectivity index (χ3v) is 4.02. The number of carboxylic acids is 1. The second kappa shape index (κ2) is 4.91. The predicted octanol–water partition coefficient (Wildman–Crippen LogP) is -0.150. The van der Waals surface area contributed by atoms with Crippen molar-refractivity contribution >= 4 is 16.0 Å². The van der Waals surface area contributed by atoms with Crippen molar-refractivity contribution in [1.29, 1.82) is 0 Å². The largest absolute Gasteiger partial charge is 0.480 e. The van der Waals surface area contributed by atoms with Crippen LogP contribution in [0.4, 0.5) is 0 Å². The van der Waals surface area contributed by atoms with Crippen LogP contribution in [0.1, 0.15) is 26.7 Å². The molecule has 0 amide bonds. The zero-order valence-corrected chi connectivity index (χ0v) is 11.0. The quantitative estimate of drug-likeness (QED) is 0.735. The van der Waals surface area contributed by atoms with Crippen molar-refractivity contribution < 1.29 is 18.3 Å². The highest BCUT2D eigenvalue weighted by molar-refractivity contribution is 7.89. The van der Waals surface area contributed by atoms with E-state index in [4.69, 9.17) is 5.14 Å². The van der Waals surface area contributed by atoms with Crippen LogP contribution >= 0.6 is 0 Å². The second-order valence-electron chi connectivity index (χ2n) is 5.24. The Morgan fingerprint density at radius 2 is 2.12 bits per heavy atom. The molecular formula is C10H20N2O4S. The molecule has 0 aromatic carbocycles. The number of nitrogens with two attached hydrogens (primary N) is 1. The SMILES string of the molecule is CC1(C)CCCN(CCS(N)(=O)=O)C1C(=O)O. The summed E-state index contributed by atoms with van der Waals surface area (Å²) >= 11 is 0. The van der Waals surface area contributed by atoms with E-state index < -0.39 is 22.0 Å². The van der Waals surface area contributed by atoms with Crippen molar-refractivity contribution in [2.75, 3.05) is 18.8 Å². The first kappa shape index (κ1) is 14.4. The van der Waals surface area contributed by atoms with E-state index >= 15 is 0 Å². The highest BCUT2D eigenvalue weighted by Gasteiger charge is 2.42. The molecule has 1 saturated heterocycles. The molecule has 7 heteroatoms. The molecule has 1 rings (SSSR count). The van der Waals surface area contributed by atoms with Gasteiger partial charge in [0.25, 0.3) is 0 Å². The monoisotopic (exact) mass is 264 g/mol. The lowest BCUT2D eigenvalue weighted by atomic mass is 9.76. The van der Waals surface area contributed by atoms with Crippen molar-refractivity contribution in [3.63, 3.8) is 0 Å². The minimum absolute atomic E-state index is 0.180. The summed E-state index contributed by atoms with van der Waals surface area (Å²) in [6.45, 7) is 4.58. The van der Waals surface area contributed by atoms with Crippen LogP contribution in [0, 0.1) is 5.41 Å². The summed E-state index contributed by atoms with van der Waals surface area (Å²) in [5, 5.41) is 14.2. The maximum Gasteiger partial charge on any atom is 0.321 e. The summed E-state index contributed by atoms with van der Waals surface area (Å²) in [5.74, 6) is -1.10. The van der Waals surface area contributed by atoms with E-state index in [1.165, 1.54) is 0 Å². The van der Waals surface area contributed by atoms with Crippen molar-refractivity contribution in [2.45, 2.75) is 32.7 Å². The number of primary sulfonamides is 1. The Bertz CT molecular complexity index is 391. The molecule has 0 spiro atoms. The number of aliphatic carboxylic acids is 1. The lowest BCUT2D eigenvalue weighted by Gasteiger charge is -2.43. The third-order valence-electron chi connectivity index (χ3n) is 3.27. The van der Waals surface area contributed by atoms with Crippen LogP contribution in [-0.2, 0) is 14.8 Å². The predicted molar refractivity (Wildman–Crippen MR) is 64.0 cm³/mol. The first-order valence-electron chi connectivity index (χ1n) is 5.61. The first-order valence-corrected chi connectivity index (χ1v) is 7.32. The molecule has 17 heavy (non-hydrogen) atoms. The lowest BCUT2D eigenvalue weighted by molar-refractivity contribution is -0.150. The fraction of sp³-hybridized carbons (Fsp3) is 0.900. The fourth-order valence-electron chi connectivity index (χ4n) is 2.47. The molecule has 3 N–H and O–H groups in total. The summed E-state index contributed by atoms with van der Waals surface area (Å²) in [4.78, 5) is 13.0. The van der Waals surface area contributed by atoms with Crippen LogP contribution < -0.4 is 5.14 Å². The summed E-state index contributed by atoms with van der Waals surface area (Å²) in [7, 11) is -3.54. The molecule has 1 unspecified atom stereocenters. The van der Waals surface area contributed by atoms with Gasteiger partial charge in [-0.1, -0.05) is 13.8 Å². The van der Waals surface area contributed by atoms with Gasteiger partial charge in [0, 0.05) is 6.54 Å².